The van der Waals surface area contributed by atoms with E-state index in [-0.39, 0.29) is 18.5 Å². The highest BCUT2D eigenvalue weighted by molar-refractivity contribution is 5.86. The number of fused-ring (bicyclic) bond motifs is 1. The van der Waals surface area contributed by atoms with Crippen LogP contribution >= 0.6 is 0 Å². The lowest BCUT2D eigenvalue weighted by Gasteiger charge is -2.35. The summed E-state index contributed by atoms with van der Waals surface area (Å²) in [6, 6.07) is 5.95. The average Bonchev–Trinajstić information content (AvgIpc) is 3.11. The predicted molar refractivity (Wildman–Crippen MR) is 117 cm³/mol. The third kappa shape index (κ3) is 6.43. The minimum atomic E-state index is -0.466. The van der Waals surface area contributed by atoms with Gasteiger partial charge in [-0.25, -0.2) is 4.79 Å². The minimum Gasteiger partial charge on any atom is -0.466 e. The van der Waals surface area contributed by atoms with Crippen molar-refractivity contribution in [3.05, 3.63) is 29.5 Å². The Bertz CT molecular complexity index is 894. The number of ether oxygens (including phenoxy) is 2. The van der Waals surface area contributed by atoms with Crippen molar-refractivity contribution in [2.24, 2.45) is 0 Å². The molecule has 0 N–H and O–H groups in total. The van der Waals surface area contributed by atoms with Crippen LogP contribution in [0.25, 0.3) is 11.0 Å². The fraction of sp³-hybridized carbons (Fsp3) is 0.609. The third-order valence-electron chi connectivity index (χ3n) is 5.22. The number of amides is 1. The summed E-state index contributed by atoms with van der Waals surface area (Å²) in [7, 11) is 0. The smallest absolute Gasteiger partial charge is 0.410 e. The van der Waals surface area contributed by atoms with Crippen LogP contribution in [0.4, 0.5) is 4.79 Å². The van der Waals surface area contributed by atoms with Crippen molar-refractivity contribution in [3.63, 3.8) is 0 Å². The van der Waals surface area contributed by atoms with Gasteiger partial charge in [0, 0.05) is 31.6 Å². The van der Waals surface area contributed by atoms with Crippen molar-refractivity contribution in [2.75, 3.05) is 39.3 Å². The van der Waals surface area contributed by atoms with E-state index in [4.69, 9.17) is 14.0 Å². The van der Waals surface area contributed by atoms with Gasteiger partial charge in [0.25, 0.3) is 0 Å². The van der Waals surface area contributed by atoms with Crippen molar-refractivity contribution < 1.29 is 23.6 Å². The second-order valence-electron chi connectivity index (χ2n) is 8.82. The summed E-state index contributed by atoms with van der Waals surface area (Å²) in [6.07, 6.45) is 1.71. The summed E-state index contributed by atoms with van der Waals surface area (Å²) in [5.41, 5.74) is 1.99. The topological polar surface area (TPSA) is 85.1 Å². The molecule has 8 heteroatoms. The van der Waals surface area contributed by atoms with E-state index < -0.39 is 5.60 Å². The van der Waals surface area contributed by atoms with E-state index in [0.29, 0.717) is 25.4 Å². The largest absolute Gasteiger partial charge is 0.466 e. The molecule has 31 heavy (non-hydrogen) atoms. The number of hydrogen-bond acceptors (Lipinski definition) is 7. The van der Waals surface area contributed by atoms with Gasteiger partial charge in [-0.1, -0.05) is 17.3 Å². The zero-order chi connectivity index (χ0) is 22.4. The molecular weight excluding hydrogens is 398 g/mol. The van der Waals surface area contributed by atoms with E-state index in [1.165, 1.54) is 0 Å². The first kappa shape index (κ1) is 23.1. The van der Waals surface area contributed by atoms with E-state index in [1.807, 2.05) is 39.0 Å². The second-order valence-corrected chi connectivity index (χ2v) is 8.82. The number of esters is 1. The van der Waals surface area contributed by atoms with Gasteiger partial charge in [-0.3, -0.25) is 9.69 Å². The van der Waals surface area contributed by atoms with Gasteiger partial charge in [-0.2, -0.15) is 0 Å². The molecule has 1 saturated heterocycles. The fourth-order valence-corrected chi connectivity index (χ4v) is 3.72. The highest BCUT2D eigenvalue weighted by atomic mass is 16.6. The van der Waals surface area contributed by atoms with Gasteiger partial charge in [0.05, 0.1) is 13.0 Å². The van der Waals surface area contributed by atoms with E-state index in [2.05, 4.69) is 10.1 Å². The van der Waals surface area contributed by atoms with Crippen LogP contribution in [0, 0.1) is 0 Å². The molecule has 0 unspecified atom stereocenters. The SMILES string of the molecule is CCOC(=O)Cc1noc2c(CCCN3CCN(C(=O)OC(C)(C)C)CC3)cccc12. The number of aromatic nitrogens is 1. The molecule has 1 aromatic heterocycles. The van der Waals surface area contributed by atoms with E-state index in [9.17, 15) is 9.59 Å². The number of para-hydroxylation sites is 1. The Balaban J connectivity index is 1.49. The monoisotopic (exact) mass is 431 g/mol. The quantitative estimate of drug-likeness (QED) is 0.621. The molecule has 170 valence electrons. The van der Waals surface area contributed by atoms with Crippen molar-refractivity contribution >= 4 is 23.0 Å². The van der Waals surface area contributed by atoms with Crippen molar-refractivity contribution in [3.8, 4) is 0 Å². The maximum atomic E-state index is 12.2. The zero-order valence-electron chi connectivity index (χ0n) is 19.0. The van der Waals surface area contributed by atoms with Crippen LogP contribution in [-0.2, 0) is 27.1 Å². The molecule has 1 aliphatic rings. The van der Waals surface area contributed by atoms with Crippen LogP contribution in [0.1, 0.15) is 45.4 Å². The molecule has 8 nitrogen and oxygen atoms in total. The maximum Gasteiger partial charge on any atom is 0.410 e. The molecule has 1 aliphatic heterocycles. The lowest BCUT2D eigenvalue weighted by molar-refractivity contribution is -0.142. The molecule has 0 saturated carbocycles. The van der Waals surface area contributed by atoms with Crippen molar-refractivity contribution in [1.29, 1.82) is 0 Å². The Labute approximate surface area is 183 Å². The summed E-state index contributed by atoms with van der Waals surface area (Å²) >= 11 is 0. The number of hydrogen-bond donors (Lipinski definition) is 0. The highest BCUT2D eigenvalue weighted by Crippen LogP contribution is 2.24. The highest BCUT2D eigenvalue weighted by Gasteiger charge is 2.25. The van der Waals surface area contributed by atoms with E-state index in [0.717, 1.165) is 49.0 Å². The maximum absolute atomic E-state index is 12.2. The van der Waals surface area contributed by atoms with Crippen LogP contribution in [0.5, 0.6) is 0 Å². The molecule has 0 atom stereocenters. The number of rotatable bonds is 7. The molecule has 0 bridgehead atoms. The third-order valence-corrected chi connectivity index (χ3v) is 5.22. The number of aryl methyl sites for hydroxylation is 1. The first-order valence-electron chi connectivity index (χ1n) is 11.0. The van der Waals surface area contributed by atoms with Gasteiger partial charge in [-0.05, 0) is 58.7 Å². The summed E-state index contributed by atoms with van der Waals surface area (Å²) in [4.78, 5) is 28.1. The summed E-state index contributed by atoms with van der Waals surface area (Å²) < 4.78 is 16.0. The molecule has 0 aliphatic carbocycles. The minimum absolute atomic E-state index is 0.117. The Morgan fingerprint density at radius 3 is 2.58 bits per heavy atom. The molecular formula is C23H33N3O5. The number of piperazine rings is 1. The van der Waals surface area contributed by atoms with Gasteiger partial charge < -0.3 is 18.9 Å². The summed E-state index contributed by atoms with van der Waals surface area (Å²) in [5, 5.41) is 4.96. The number of nitrogens with zero attached hydrogens (tertiary/aromatic N) is 3. The van der Waals surface area contributed by atoms with Gasteiger partial charge in [0.1, 0.15) is 11.3 Å². The number of carbonyl (C=O) groups excluding carboxylic acids is 2. The second kappa shape index (κ2) is 10.1. The first-order valence-corrected chi connectivity index (χ1v) is 11.0. The molecule has 1 amide bonds. The van der Waals surface area contributed by atoms with E-state index >= 15 is 0 Å². The Morgan fingerprint density at radius 1 is 1.16 bits per heavy atom. The van der Waals surface area contributed by atoms with Gasteiger partial charge in [-0.15, -0.1) is 0 Å². The predicted octanol–water partition coefficient (Wildman–Crippen LogP) is 3.42. The standard InChI is InChI=1S/C23H33N3O5/c1-5-29-20(27)16-19-18-10-6-8-17(21(18)31-24-19)9-7-11-25-12-14-26(15-13-25)22(28)30-23(2,3)4/h6,8,10H,5,7,9,11-16H2,1-4H3. The van der Waals surface area contributed by atoms with Crippen LogP contribution in [-0.4, -0.2) is 72.0 Å². The van der Waals surface area contributed by atoms with Crippen LogP contribution < -0.4 is 0 Å². The number of benzene rings is 1. The molecule has 2 aromatic rings. The Hall–Kier alpha value is -2.61. The lowest BCUT2D eigenvalue weighted by atomic mass is 10.0. The number of carbonyl (C=O) groups is 2. The van der Waals surface area contributed by atoms with Crippen LogP contribution in [0.15, 0.2) is 22.7 Å². The first-order chi connectivity index (χ1) is 14.8. The lowest BCUT2D eigenvalue weighted by Crippen LogP contribution is -2.50. The molecule has 1 fully saturated rings. The van der Waals surface area contributed by atoms with E-state index in [1.54, 1.807) is 11.8 Å². The molecule has 1 aromatic carbocycles. The Kier molecular flexibility index (Phi) is 7.54. The van der Waals surface area contributed by atoms with Gasteiger partial charge in [0.15, 0.2) is 5.58 Å². The fourth-order valence-electron chi connectivity index (χ4n) is 3.72. The van der Waals surface area contributed by atoms with Crippen molar-refractivity contribution in [2.45, 2.75) is 52.6 Å². The molecule has 2 heterocycles. The molecule has 0 radical (unpaired) electrons. The summed E-state index contributed by atoms with van der Waals surface area (Å²) in [5.74, 6) is -0.298. The normalized spacial score (nSPS) is 15.3. The zero-order valence-corrected chi connectivity index (χ0v) is 19.0. The van der Waals surface area contributed by atoms with Crippen molar-refractivity contribution in [1.82, 2.24) is 15.0 Å². The molecule has 0 spiro atoms. The van der Waals surface area contributed by atoms with Gasteiger partial charge >= 0.3 is 12.1 Å². The Morgan fingerprint density at radius 2 is 1.90 bits per heavy atom. The van der Waals surface area contributed by atoms with Crippen LogP contribution in [0.3, 0.4) is 0 Å². The average molecular weight is 432 g/mol. The molecule has 3 rings (SSSR count). The van der Waals surface area contributed by atoms with Gasteiger partial charge in [0.2, 0.25) is 0 Å². The van der Waals surface area contributed by atoms with Crippen LogP contribution in [0.2, 0.25) is 0 Å². The summed E-state index contributed by atoms with van der Waals surface area (Å²) in [6.45, 7) is 11.8.